The number of rotatable bonds is 2. The van der Waals surface area contributed by atoms with Crippen LogP contribution in [0, 0.1) is 0 Å². The summed E-state index contributed by atoms with van der Waals surface area (Å²) in [6.45, 7) is 1.52. The van der Waals surface area contributed by atoms with E-state index in [0.717, 1.165) is 5.56 Å². The van der Waals surface area contributed by atoms with Crippen LogP contribution in [-0.2, 0) is 6.54 Å². The Morgan fingerprint density at radius 3 is 2.44 bits per heavy atom. The molecule has 1 heterocycles. The molecular weight excluding hydrogens is 249 g/mol. The van der Waals surface area contributed by atoms with Crippen LogP contribution in [0.4, 0.5) is 0 Å². The molecule has 0 unspecified atom stereocenters. The molecule has 1 aliphatic rings. The highest BCUT2D eigenvalue weighted by Gasteiger charge is 2.29. The Morgan fingerprint density at radius 1 is 1.19 bits per heavy atom. The number of benzene rings is 1. The van der Waals surface area contributed by atoms with Crippen molar-refractivity contribution in [1.82, 2.24) is 4.90 Å². The number of aliphatic hydroxyl groups is 2. The van der Waals surface area contributed by atoms with E-state index in [2.05, 4.69) is 0 Å². The van der Waals surface area contributed by atoms with E-state index in [-0.39, 0.29) is 0 Å². The van der Waals surface area contributed by atoms with Crippen LogP contribution >= 0.6 is 23.2 Å². The van der Waals surface area contributed by atoms with E-state index in [1.54, 1.807) is 6.07 Å². The standard InChI is InChI=1S/C11H13Cl2NO2/c12-8-3-1-2-7(11(8)13)4-14-5-9(15)10(16)6-14/h1-3,9-10,15-16H,4-6H2/t9-,10+. The van der Waals surface area contributed by atoms with Crippen LogP contribution in [0.15, 0.2) is 18.2 Å². The van der Waals surface area contributed by atoms with Crippen molar-refractivity contribution >= 4 is 23.2 Å². The fraction of sp³-hybridized carbons (Fsp3) is 0.455. The molecule has 2 N–H and O–H groups in total. The Hall–Kier alpha value is -0.320. The van der Waals surface area contributed by atoms with Gasteiger partial charge >= 0.3 is 0 Å². The molecule has 1 aromatic carbocycles. The van der Waals surface area contributed by atoms with Crippen molar-refractivity contribution in [3.63, 3.8) is 0 Å². The number of halogens is 2. The summed E-state index contributed by atoms with van der Waals surface area (Å²) in [5.41, 5.74) is 0.912. The average molecular weight is 262 g/mol. The summed E-state index contributed by atoms with van der Waals surface area (Å²) in [5, 5.41) is 19.9. The van der Waals surface area contributed by atoms with Crippen molar-refractivity contribution in [2.24, 2.45) is 0 Å². The van der Waals surface area contributed by atoms with Gasteiger partial charge in [0.2, 0.25) is 0 Å². The number of hydrogen-bond donors (Lipinski definition) is 2. The molecule has 0 spiro atoms. The van der Waals surface area contributed by atoms with Gasteiger partial charge in [0.15, 0.2) is 0 Å². The van der Waals surface area contributed by atoms with Crippen LogP contribution in [0.3, 0.4) is 0 Å². The van der Waals surface area contributed by atoms with E-state index in [0.29, 0.717) is 29.7 Å². The highest BCUT2D eigenvalue weighted by Crippen LogP contribution is 2.27. The van der Waals surface area contributed by atoms with Gasteiger partial charge in [0.05, 0.1) is 22.3 Å². The molecule has 1 fully saturated rings. The number of β-amino-alcohol motifs (C(OH)–C–C–N with tert-alkyl or cyclic N) is 2. The summed E-state index contributed by atoms with van der Waals surface area (Å²) in [6, 6.07) is 5.47. The van der Waals surface area contributed by atoms with Gasteiger partial charge in [-0.3, -0.25) is 4.90 Å². The third-order valence-corrected chi connectivity index (χ3v) is 3.62. The van der Waals surface area contributed by atoms with E-state index >= 15 is 0 Å². The quantitative estimate of drug-likeness (QED) is 0.849. The number of likely N-dealkylation sites (tertiary alicyclic amines) is 1. The second kappa shape index (κ2) is 4.90. The highest BCUT2D eigenvalue weighted by atomic mass is 35.5. The lowest BCUT2D eigenvalue weighted by molar-refractivity contribution is 0.0572. The predicted molar refractivity (Wildman–Crippen MR) is 63.8 cm³/mol. The minimum Gasteiger partial charge on any atom is -0.389 e. The maximum absolute atomic E-state index is 9.42. The van der Waals surface area contributed by atoms with Crippen LogP contribution in [0.5, 0.6) is 0 Å². The first-order valence-corrected chi connectivity index (χ1v) is 5.85. The number of aliphatic hydroxyl groups excluding tert-OH is 2. The van der Waals surface area contributed by atoms with Crippen molar-refractivity contribution in [2.75, 3.05) is 13.1 Å². The van der Waals surface area contributed by atoms with Crippen molar-refractivity contribution in [3.05, 3.63) is 33.8 Å². The van der Waals surface area contributed by atoms with Crippen molar-refractivity contribution in [3.8, 4) is 0 Å². The molecule has 1 saturated heterocycles. The Labute approximate surface area is 104 Å². The normalized spacial score (nSPS) is 26.2. The highest BCUT2D eigenvalue weighted by molar-refractivity contribution is 6.42. The third kappa shape index (κ3) is 2.50. The SMILES string of the molecule is O[C@@H]1CN(Cc2cccc(Cl)c2Cl)C[C@@H]1O. The molecule has 0 amide bonds. The van der Waals surface area contributed by atoms with Gasteiger partial charge in [-0.2, -0.15) is 0 Å². The Morgan fingerprint density at radius 2 is 1.81 bits per heavy atom. The molecule has 5 heteroatoms. The lowest BCUT2D eigenvalue weighted by atomic mass is 10.2. The summed E-state index contributed by atoms with van der Waals surface area (Å²) >= 11 is 12.0. The fourth-order valence-electron chi connectivity index (χ4n) is 1.89. The monoisotopic (exact) mass is 261 g/mol. The topological polar surface area (TPSA) is 43.7 Å². The lowest BCUT2D eigenvalue weighted by Crippen LogP contribution is -2.22. The molecule has 1 aromatic rings. The molecule has 0 bridgehead atoms. The van der Waals surface area contributed by atoms with E-state index in [1.165, 1.54) is 0 Å². The molecule has 0 aromatic heterocycles. The molecule has 16 heavy (non-hydrogen) atoms. The zero-order chi connectivity index (χ0) is 11.7. The molecule has 3 nitrogen and oxygen atoms in total. The summed E-state index contributed by atoms with van der Waals surface area (Å²) in [7, 11) is 0. The number of hydrogen-bond acceptors (Lipinski definition) is 3. The molecule has 88 valence electrons. The van der Waals surface area contributed by atoms with Gasteiger partial charge in [-0.1, -0.05) is 35.3 Å². The van der Waals surface area contributed by atoms with Crippen LogP contribution in [-0.4, -0.2) is 40.4 Å². The van der Waals surface area contributed by atoms with Crippen molar-refractivity contribution < 1.29 is 10.2 Å². The first-order chi connectivity index (χ1) is 7.58. The van der Waals surface area contributed by atoms with Crippen molar-refractivity contribution in [1.29, 1.82) is 0 Å². The molecular formula is C11H13Cl2NO2. The maximum Gasteiger partial charge on any atom is 0.0938 e. The molecule has 1 aliphatic heterocycles. The van der Waals surface area contributed by atoms with E-state index in [9.17, 15) is 10.2 Å². The lowest BCUT2D eigenvalue weighted by Gasteiger charge is -2.15. The van der Waals surface area contributed by atoms with Crippen LogP contribution < -0.4 is 0 Å². The predicted octanol–water partition coefficient (Wildman–Crippen LogP) is 1.53. The van der Waals surface area contributed by atoms with Crippen LogP contribution in [0.1, 0.15) is 5.56 Å². The number of nitrogens with zero attached hydrogens (tertiary/aromatic N) is 1. The van der Waals surface area contributed by atoms with E-state index in [4.69, 9.17) is 23.2 Å². The van der Waals surface area contributed by atoms with Gasteiger partial charge in [0.25, 0.3) is 0 Å². The largest absolute Gasteiger partial charge is 0.389 e. The first kappa shape index (κ1) is 12.1. The van der Waals surface area contributed by atoms with Gasteiger partial charge in [-0.05, 0) is 11.6 Å². The summed E-state index contributed by atoms with van der Waals surface area (Å²) < 4.78 is 0. The summed E-state index contributed by atoms with van der Waals surface area (Å²) in [5.74, 6) is 0. The average Bonchev–Trinajstić information content (AvgIpc) is 2.54. The minimum atomic E-state index is -0.669. The van der Waals surface area contributed by atoms with E-state index in [1.807, 2.05) is 17.0 Å². The zero-order valence-corrected chi connectivity index (χ0v) is 10.1. The molecule has 0 radical (unpaired) electrons. The Bertz CT molecular complexity index is 376. The van der Waals surface area contributed by atoms with Crippen LogP contribution in [0.2, 0.25) is 10.0 Å². The third-order valence-electron chi connectivity index (χ3n) is 2.76. The Kier molecular flexibility index (Phi) is 3.72. The first-order valence-electron chi connectivity index (χ1n) is 5.09. The summed E-state index contributed by atoms with van der Waals surface area (Å²) in [4.78, 5) is 1.95. The summed E-state index contributed by atoms with van der Waals surface area (Å²) in [6.07, 6.45) is -1.34. The zero-order valence-electron chi connectivity index (χ0n) is 8.61. The van der Waals surface area contributed by atoms with Gasteiger partial charge in [-0.25, -0.2) is 0 Å². The van der Waals surface area contributed by atoms with Crippen molar-refractivity contribution in [2.45, 2.75) is 18.8 Å². The minimum absolute atomic E-state index is 0.462. The van der Waals surface area contributed by atoms with E-state index < -0.39 is 12.2 Å². The van der Waals surface area contributed by atoms with Gasteiger partial charge in [-0.15, -0.1) is 0 Å². The Balaban J connectivity index is 2.08. The smallest absolute Gasteiger partial charge is 0.0938 e. The maximum atomic E-state index is 9.42. The molecule has 2 rings (SSSR count). The van der Waals surface area contributed by atoms with Gasteiger partial charge in [0.1, 0.15) is 0 Å². The second-order valence-electron chi connectivity index (χ2n) is 4.04. The molecule has 0 saturated carbocycles. The van der Waals surface area contributed by atoms with Crippen LogP contribution in [0.25, 0.3) is 0 Å². The van der Waals surface area contributed by atoms with Gasteiger partial charge < -0.3 is 10.2 Å². The molecule has 0 aliphatic carbocycles. The van der Waals surface area contributed by atoms with Gasteiger partial charge in [0, 0.05) is 19.6 Å². The fourth-order valence-corrected chi connectivity index (χ4v) is 2.27. The molecule has 2 atom stereocenters. The second-order valence-corrected chi connectivity index (χ2v) is 4.83.